The topological polar surface area (TPSA) is 66.5 Å². The number of halogens is 2. The molecule has 0 aliphatic heterocycles. The van der Waals surface area contributed by atoms with Crippen molar-refractivity contribution in [3.63, 3.8) is 0 Å². The van der Waals surface area contributed by atoms with Crippen molar-refractivity contribution in [3.8, 4) is 0 Å². The van der Waals surface area contributed by atoms with E-state index in [9.17, 15) is 17.6 Å². The lowest BCUT2D eigenvalue weighted by Gasteiger charge is -2.12. The van der Waals surface area contributed by atoms with Crippen molar-refractivity contribution in [1.29, 1.82) is 0 Å². The van der Waals surface area contributed by atoms with Gasteiger partial charge in [-0.1, -0.05) is 18.2 Å². The maximum Gasteiger partial charge on any atom is 0.242 e. The van der Waals surface area contributed by atoms with Crippen molar-refractivity contribution in [2.24, 2.45) is 0 Å². The molecule has 0 saturated carbocycles. The Bertz CT molecular complexity index is 868. The van der Waals surface area contributed by atoms with Gasteiger partial charge in [0.25, 0.3) is 0 Å². The number of rotatable bonds is 6. The first-order chi connectivity index (χ1) is 11.7. The van der Waals surface area contributed by atoms with Crippen molar-refractivity contribution in [1.82, 2.24) is 9.62 Å². The van der Waals surface area contributed by atoms with Gasteiger partial charge in [-0.25, -0.2) is 17.1 Å². The van der Waals surface area contributed by atoms with Gasteiger partial charge in [-0.2, -0.15) is 0 Å². The number of carbonyl (C=O) groups excluding carboxylic acids is 1. The number of carbonyl (C=O) groups is 1. The molecule has 1 amide bonds. The number of sulfonamides is 1. The monoisotopic (exact) mass is 428 g/mol. The van der Waals surface area contributed by atoms with Crippen LogP contribution in [0.3, 0.4) is 0 Å². The Labute approximate surface area is 155 Å². The maximum atomic E-state index is 13.2. The summed E-state index contributed by atoms with van der Waals surface area (Å²) >= 11 is 3.09. The summed E-state index contributed by atoms with van der Waals surface area (Å²) in [4.78, 5) is 12.2. The quantitative estimate of drug-likeness (QED) is 0.768. The van der Waals surface area contributed by atoms with Crippen LogP contribution in [-0.2, 0) is 27.8 Å². The Kier molecular flexibility index (Phi) is 6.31. The molecule has 0 unspecified atom stereocenters. The van der Waals surface area contributed by atoms with Crippen molar-refractivity contribution < 1.29 is 17.6 Å². The summed E-state index contributed by atoms with van der Waals surface area (Å²) in [6.07, 6.45) is 0.131. The molecular formula is C17H18BrFN2O3S. The van der Waals surface area contributed by atoms with E-state index in [1.807, 2.05) is 0 Å². The fourth-order valence-corrected chi connectivity index (χ4v) is 3.42. The van der Waals surface area contributed by atoms with E-state index in [1.165, 1.54) is 32.3 Å². The summed E-state index contributed by atoms with van der Waals surface area (Å²) in [6, 6.07) is 10.8. The SMILES string of the molecule is CN(C)S(=O)(=O)c1ccc(CNC(=O)Cc2ccc(F)c(Br)c2)cc1. The highest BCUT2D eigenvalue weighted by atomic mass is 79.9. The first-order valence-electron chi connectivity index (χ1n) is 7.42. The van der Waals surface area contributed by atoms with Crippen LogP contribution in [0.4, 0.5) is 4.39 Å². The number of hydrogen-bond donors (Lipinski definition) is 1. The fraction of sp³-hybridized carbons (Fsp3) is 0.235. The molecule has 1 N–H and O–H groups in total. The standard InChI is InChI=1S/C17H18BrFN2O3S/c1-21(2)25(23,24)14-6-3-12(4-7-14)11-20-17(22)10-13-5-8-16(19)15(18)9-13/h3-9H,10-11H2,1-2H3,(H,20,22). The van der Waals surface area contributed by atoms with E-state index in [2.05, 4.69) is 21.2 Å². The molecule has 0 saturated heterocycles. The minimum atomic E-state index is -3.46. The third kappa shape index (κ3) is 5.10. The Morgan fingerprint density at radius 3 is 2.28 bits per heavy atom. The van der Waals surface area contributed by atoms with Gasteiger partial charge in [-0.05, 0) is 51.3 Å². The van der Waals surface area contributed by atoms with Crippen LogP contribution in [0.25, 0.3) is 0 Å². The summed E-state index contributed by atoms with van der Waals surface area (Å²) < 4.78 is 38.6. The van der Waals surface area contributed by atoms with Crippen LogP contribution in [0.2, 0.25) is 0 Å². The molecule has 0 bridgehead atoms. The molecule has 0 fully saturated rings. The summed E-state index contributed by atoms with van der Waals surface area (Å²) in [5, 5.41) is 2.75. The summed E-state index contributed by atoms with van der Waals surface area (Å²) in [5.74, 6) is -0.583. The number of nitrogens with one attached hydrogen (secondary N) is 1. The molecule has 0 spiro atoms. The number of hydrogen-bond acceptors (Lipinski definition) is 3. The first-order valence-corrected chi connectivity index (χ1v) is 9.65. The van der Waals surface area contributed by atoms with Gasteiger partial charge in [0, 0.05) is 20.6 Å². The second kappa shape index (κ2) is 8.07. The summed E-state index contributed by atoms with van der Waals surface area (Å²) in [6.45, 7) is 0.281. The molecule has 8 heteroatoms. The highest BCUT2D eigenvalue weighted by Gasteiger charge is 2.16. The Morgan fingerprint density at radius 1 is 1.12 bits per heavy atom. The van der Waals surface area contributed by atoms with E-state index >= 15 is 0 Å². The molecule has 2 rings (SSSR count). The van der Waals surface area contributed by atoms with Gasteiger partial charge in [0.2, 0.25) is 15.9 Å². The predicted molar refractivity (Wildman–Crippen MR) is 97.0 cm³/mol. The third-order valence-electron chi connectivity index (χ3n) is 3.54. The van der Waals surface area contributed by atoms with Gasteiger partial charge >= 0.3 is 0 Å². The van der Waals surface area contributed by atoms with Gasteiger partial charge in [-0.15, -0.1) is 0 Å². The maximum absolute atomic E-state index is 13.2. The van der Waals surface area contributed by atoms with E-state index < -0.39 is 10.0 Å². The van der Waals surface area contributed by atoms with Crippen LogP contribution in [0.15, 0.2) is 51.8 Å². The minimum Gasteiger partial charge on any atom is -0.352 e. The highest BCUT2D eigenvalue weighted by Crippen LogP contribution is 2.17. The number of amides is 1. The van der Waals surface area contributed by atoms with Crippen LogP contribution >= 0.6 is 15.9 Å². The molecule has 0 aliphatic rings. The average Bonchev–Trinajstić information content (AvgIpc) is 2.56. The van der Waals surface area contributed by atoms with E-state index in [1.54, 1.807) is 24.3 Å². The Hall–Kier alpha value is -1.77. The molecule has 0 radical (unpaired) electrons. The van der Waals surface area contributed by atoms with Crippen LogP contribution < -0.4 is 5.32 Å². The fourth-order valence-electron chi connectivity index (χ4n) is 2.09. The van der Waals surface area contributed by atoms with E-state index in [4.69, 9.17) is 0 Å². The van der Waals surface area contributed by atoms with Gasteiger partial charge in [0.1, 0.15) is 5.82 Å². The van der Waals surface area contributed by atoms with Crippen molar-refractivity contribution >= 4 is 31.9 Å². The van der Waals surface area contributed by atoms with Gasteiger partial charge < -0.3 is 5.32 Å². The minimum absolute atomic E-state index is 0.131. The van der Waals surface area contributed by atoms with Crippen LogP contribution in [0, 0.1) is 5.82 Å². The molecule has 0 heterocycles. The second-order valence-electron chi connectivity index (χ2n) is 5.63. The first kappa shape index (κ1) is 19.6. The van der Waals surface area contributed by atoms with E-state index in [-0.39, 0.29) is 29.6 Å². The van der Waals surface area contributed by atoms with E-state index in [0.29, 0.717) is 10.0 Å². The molecule has 5 nitrogen and oxygen atoms in total. The molecule has 25 heavy (non-hydrogen) atoms. The lowest BCUT2D eigenvalue weighted by atomic mass is 10.1. The smallest absolute Gasteiger partial charge is 0.242 e. The van der Waals surface area contributed by atoms with Crippen LogP contribution in [0.1, 0.15) is 11.1 Å². The third-order valence-corrected chi connectivity index (χ3v) is 5.98. The number of benzene rings is 2. The molecule has 0 atom stereocenters. The van der Waals surface area contributed by atoms with Crippen molar-refractivity contribution in [2.75, 3.05) is 14.1 Å². The molecule has 2 aromatic rings. The molecule has 0 aliphatic carbocycles. The number of nitrogens with zero attached hydrogens (tertiary/aromatic N) is 1. The van der Waals surface area contributed by atoms with Crippen LogP contribution in [-0.4, -0.2) is 32.7 Å². The molecular weight excluding hydrogens is 411 g/mol. The highest BCUT2D eigenvalue weighted by molar-refractivity contribution is 9.10. The molecule has 2 aromatic carbocycles. The van der Waals surface area contributed by atoms with Crippen molar-refractivity contribution in [3.05, 3.63) is 63.9 Å². The zero-order valence-electron chi connectivity index (χ0n) is 13.8. The summed E-state index contributed by atoms with van der Waals surface area (Å²) in [7, 11) is -0.523. The van der Waals surface area contributed by atoms with Crippen LogP contribution in [0.5, 0.6) is 0 Å². The van der Waals surface area contributed by atoms with E-state index in [0.717, 1.165) is 9.87 Å². The lowest BCUT2D eigenvalue weighted by Crippen LogP contribution is -2.25. The van der Waals surface area contributed by atoms with Gasteiger partial charge in [-0.3, -0.25) is 4.79 Å². The predicted octanol–water partition coefficient (Wildman–Crippen LogP) is 2.70. The second-order valence-corrected chi connectivity index (χ2v) is 8.64. The largest absolute Gasteiger partial charge is 0.352 e. The van der Waals surface area contributed by atoms with Gasteiger partial charge in [0.15, 0.2) is 0 Å². The average molecular weight is 429 g/mol. The Morgan fingerprint density at radius 2 is 1.72 bits per heavy atom. The zero-order chi connectivity index (χ0) is 18.6. The molecule has 134 valence electrons. The summed E-state index contributed by atoms with van der Waals surface area (Å²) in [5.41, 5.74) is 1.48. The normalized spacial score (nSPS) is 11.6. The van der Waals surface area contributed by atoms with Gasteiger partial charge in [0.05, 0.1) is 15.8 Å². The zero-order valence-corrected chi connectivity index (χ0v) is 16.2. The van der Waals surface area contributed by atoms with Crippen molar-refractivity contribution in [2.45, 2.75) is 17.9 Å². The lowest BCUT2D eigenvalue weighted by molar-refractivity contribution is -0.120. The Balaban J connectivity index is 1.94. The molecule has 0 aromatic heterocycles.